The van der Waals surface area contributed by atoms with E-state index in [0.717, 1.165) is 30.9 Å². The van der Waals surface area contributed by atoms with Crippen LogP contribution in [0.3, 0.4) is 0 Å². The first-order valence-corrected chi connectivity index (χ1v) is 10.5. The second-order valence-electron chi connectivity index (χ2n) is 7.77. The lowest BCUT2D eigenvalue weighted by molar-refractivity contribution is 0.0945. The topological polar surface area (TPSA) is 92.8 Å². The predicted octanol–water partition coefficient (Wildman–Crippen LogP) is 2.41. The molecule has 0 saturated carbocycles. The summed E-state index contributed by atoms with van der Waals surface area (Å²) in [5.41, 5.74) is 2.95. The number of aromatic nitrogens is 4. The number of nitrogens with one attached hydrogen (secondary N) is 2. The number of carbonyl (C=O) groups excluding carboxylic acids is 1. The predicted molar refractivity (Wildman–Crippen MR) is 119 cm³/mol. The Balaban J connectivity index is 1.42. The lowest BCUT2D eigenvalue weighted by atomic mass is 10.1. The molecule has 4 aromatic heterocycles. The standard InChI is InChI=1S/C23H26N6O2/c1-3-16(2)11-24-12-17-7-8-20-26-18(15-28(20)14-17)13-25-23(31)19-10-22(30)29-9-5-4-6-21(29)27-19/h4-10,14-16,24H,3,11-13H2,1-2H3,(H,25,31). The molecule has 0 saturated heterocycles. The highest BCUT2D eigenvalue weighted by Gasteiger charge is 2.11. The quantitative estimate of drug-likeness (QED) is 0.458. The Morgan fingerprint density at radius 3 is 2.81 bits per heavy atom. The van der Waals surface area contributed by atoms with Gasteiger partial charge in [0.1, 0.15) is 17.0 Å². The SMILES string of the molecule is CCC(C)CNCc1ccc2nc(CNC(=O)c3cc(=O)n4ccccc4n3)cn2c1. The van der Waals surface area contributed by atoms with Gasteiger partial charge in [-0.1, -0.05) is 32.4 Å². The van der Waals surface area contributed by atoms with Crippen molar-refractivity contribution in [2.24, 2.45) is 5.92 Å². The van der Waals surface area contributed by atoms with Crippen molar-refractivity contribution < 1.29 is 4.79 Å². The number of hydrogen-bond acceptors (Lipinski definition) is 5. The minimum atomic E-state index is -0.407. The smallest absolute Gasteiger partial charge is 0.270 e. The summed E-state index contributed by atoms with van der Waals surface area (Å²) >= 11 is 0. The lowest BCUT2D eigenvalue weighted by Crippen LogP contribution is -2.27. The zero-order chi connectivity index (χ0) is 21.8. The van der Waals surface area contributed by atoms with Crippen molar-refractivity contribution in [2.75, 3.05) is 6.54 Å². The van der Waals surface area contributed by atoms with Gasteiger partial charge in [-0.25, -0.2) is 9.97 Å². The summed E-state index contributed by atoms with van der Waals surface area (Å²) in [5.74, 6) is 0.246. The number of nitrogens with zero attached hydrogens (tertiary/aromatic N) is 4. The van der Waals surface area contributed by atoms with Gasteiger partial charge in [0.15, 0.2) is 0 Å². The summed E-state index contributed by atoms with van der Waals surface area (Å²) < 4.78 is 3.36. The molecule has 0 fully saturated rings. The van der Waals surface area contributed by atoms with E-state index in [4.69, 9.17) is 0 Å². The molecule has 160 valence electrons. The fourth-order valence-corrected chi connectivity index (χ4v) is 3.32. The first kappa shape index (κ1) is 20.7. The Labute approximate surface area is 180 Å². The van der Waals surface area contributed by atoms with E-state index in [1.807, 2.05) is 22.9 Å². The number of rotatable bonds is 8. The zero-order valence-corrected chi connectivity index (χ0v) is 17.7. The van der Waals surface area contributed by atoms with Crippen LogP contribution in [0.5, 0.6) is 0 Å². The van der Waals surface area contributed by atoms with E-state index in [-0.39, 0.29) is 17.8 Å². The van der Waals surface area contributed by atoms with Gasteiger partial charge in [0.05, 0.1) is 12.2 Å². The van der Waals surface area contributed by atoms with E-state index in [1.54, 1.807) is 24.4 Å². The molecule has 1 unspecified atom stereocenters. The van der Waals surface area contributed by atoms with Crippen LogP contribution in [-0.2, 0) is 13.1 Å². The third kappa shape index (κ3) is 4.80. The largest absolute Gasteiger partial charge is 0.345 e. The molecule has 8 heteroatoms. The molecule has 0 aliphatic rings. The molecule has 0 radical (unpaired) electrons. The molecule has 0 bridgehead atoms. The minimum absolute atomic E-state index is 0.0923. The van der Waals surface area contributed by atoms with Crippen LogP contribution in [0.1, 0.15) is 42.0 Å². The number of fused-ring (bicyclic) bond motifs is 2. The zero-order valence-electron chi connectivity index (χ0n) is 17.7. The third-order valence-corrected chi connectivity index (χ3v) is 5.31. The van der Waals surface area contributed by atoms with Crippen LogP contribution in [-0.4, -0.2) is 31.2 Å². The lowest BCUT2D eigenvalue weighted by Gasteiger charge is -2.10. The van der Waals surface area contributed by atoms with Gasteiger partial charge >= 0.3 is 0 Å². The van der Waals surface area contributed by atoms with E-state index in [2.05, 4.69) is 40.5 Å². The molecule has 1 atom stereocenters. The molecular weight excluding hydrogens is 392 g/mol. The number of carbonyl (C=O) groups is 1. The van der Waals surface area contributed by atoms with Crippen LogP contribution in [0.2, 0.25) is 0 Å². The van der Waals surface area contributed by atoms with Crippen molar-refractivity contribution in [3.8, 4) is 0 Å². The van der Waals surface area contributed by atoms with Crippen molar-refractivity contribution in [1.82, 2.24) is 29.4 Å². The molecule has 0 aromatic carbocycles. The Morgan fingerprint density at radius 2 is 1.97 bits per heavy atom. The highest BCUT2D eigenvalue weighted by Crippen LogP contribution is 2.09. The molecule has 0 spiro atoms. The summed E-state index contributed by atoms with van der Waals surface area (Å²) in [6.07, 6.45) is 6.73. The highest BCUT2D eigenvalue weighted by atomic mass is 16.2. The number of amides is 1. The van der Waals surface area contributed by atoms with E-state index < -0.39 is 5.91 Å². The molecule has 0 aliphatic heterocycles. The number of imidazole rings is 1. The Kier molecular flexibility index (Phi) is 6.08. The average molecular weight is 419 g/mol. The van der Waals surface area contributed by atoms with Crippen molar-refractivity contribution in [1.29, 1.82) is 0 Å². The van der Waals surface area contributed by atoms with Crippen LogP contribution in [0.4, 0.5) is 0 Å². The molecule has 0 aliphatic carbocycles. The van der Waals surface area contributed by atoms with E-state index >= 15 is 0 Å². The van der Waals surface area contributed by atoms with Gasteiger partial charge in [0, 0.05) is 31.2 Å². The third-order valence-electron chi connectivity index (χ3n) is 5.31. The molecule has 31 heavy (non-hydrogen) atoms. The molecule has 8 nitrogen and oxygen atoms in total. The van der Waals surface area contributed by atoms with Crippen LogP contribution >= 0.6 is 0 Å². The van der Waals surface area contributed by atoms with Gasteiger partial charge in [-0.15, -0.1) is 0 Å². The number of pyridine rings is 2. The fourth-order valence-electron chi connectivity index (χ4n) is 3.32. The molecular formula is C23H26N6O2. The monoisotopic (exact) mass is 418 g/mol. The summed E-state index contributed by atoms with van der Waals surface area (Å²) in [6, 6.07) is 10.5. The average Bonchev–Trinajstić information content (AvgIpc) is 3.19. The minimum Gasteiger partial charge on any atom is -0.345 e. The van der Waals surface area contributed by atoms with Gasteiger partial charge in [-0.2, -0.15) is 0 Å². The van der Waals surface area contributed by atoms with E-state index in [1.165, 1.54) is 16.0 Å². The maximum absolute atomic E-state index is 12.5. The van der Waals surface area contributed by atoms with E-state index in [0.29, 0.717) is 11.6 Å². The van der Waals surface area contributed by atoms with Gasteiger partial charge < -0.3 is 15.0 Å². The summed E-state index contributed by atoms with van der Waals surface area (Å²) in [4.78, 5) is 33.5. The fraction of sp³-hybridized carbons (Fsp3) is 0.304. The highest BCUT2D eigenvalue weighted by molar-refractivity contribution is 5.92. The first-order chi connectivity index (χ1) is 15.0. The normalized spacial score (nSPS) is 12.3. The summed E-state index contributed by atoms with van der Waals surface area (Å²) in [7, 11) is 0. The van der Waals surface area contributed by atoms with Gasteiger partial charge in [-0.3, -0.25) is 14.0 Å². The maximum atomic E-state index is 12.5. The maximum Gasteiger partial charge on any atom is 0.270 e. The van der Waals surface area contributed by atoms with Crippen molar-refractivity contribution in [2.45, 2.75) is 33.4 Å². The van der Waals surface area contributed by atoms with Crippen LogP contribution in [0, 0.1) is 5.92 Å². The van der Waals surface area contributed by atoms with Crippen molar-refractivity contribution in [3.63, 3.8) is 0 Å². The first-order valence-electron chi connectivity index (χ1n) is 10.5. The molecule has 4 heterocycles. The molecule has 1 amide bonds. The van der Waals surface area contributed by atoms with Gasteiger partial charge in [-0.05, 0) is 36.2 Å². The molecule has 4 rings (SSSR count). The second kappa shape index (κ2) is 9.09. The van der Waals surface area contributed by atoms with Crippen LogP contribution in [0.15, 0.2) is 59.8 Å². The van der Waals surface area contributed by atoms with Crippen molar-refractivity contribution in [3.05, 3.63) is 82.3 Å². The Hall–Kier alpha value is -3.52. The second-order valence-corrected chi connectivity index (χ2v) is 7.77. The summed E-state index contributed by atoms with van der Waals surface area (Å²) in [5, 5.41) is 6.27. The van der Waals surface area contributed by atoms with Gasteiger partial charge in [0.2, 0.25) is 0 Å². The Bertz CT molecular complexity index is 1280. The molecule has 4 aromatic rings. The summed E-state index contributed by atoms with van der Waals surface area (Å²) in [6.45, 7) is 6.46. The molecule has 2 N–H and O–H groups in total. The van der Waals surface area contributed by atoms with Gasteiger partial charge in [0.25, 0.3) is 11.5 Å². The van der Waals surface area contributed by atoms with Crippen LogP contribution in [0.25, 0.3) is 11.3 Å². The van der Waals surface area contributed by atoms with Crippen molar-refractivity contribution >= 4 is 17.2 Å². The van der Waals surface area contributed by atoms with Crippen LogP contribution < -0.4 is 16.2 Å². The number of hydrogen-bond donors (Lipinski definition) is 2. The Morgan fingerprint density at radius 1 is 1.10 bits per heavy atom. The van der Waals surface area contributed by atoms with E-state index in [9.17, 15) is 9.59 Å².